The number of aliphatic hydroxyl groups is 1. The topological polar surface area (TPSA) is 75.6 Å². The predicted molar refractivity (Wildman–Crippen MR) is 147 cm³/mol. The van der Waals surface area contributed by atoms with Crippen molar-refractivity contribution in [2.75, 3.05) is 6.61 Å². The van der Waals surface area contributed by atoms with Crippen LogP contribution in [0, 0.1) is 0 Å². The Morgan fingerprint density at radius 3 is 1.87 bits per heavy atom. The van der Waals surface area contributed by atoms with Crippen molar-refractivity contribution >= 4 is 0 Å². The van der Waals surface area contributed by atoms with Crippen LogP contribution in [0.5, 0.6) is 0 Å². The van der Waals surface area contributed by atoms with Gasteiger partial charge in [-0.15, -0.1) is 0 Å². The third-order valence-electron chi connectivity index (χ3n) is 8.47. The fourth-order valence-corrected chi connectivity index (χ4v) is 6.44. The summed E-state index contributed by atoms with van der Waals surface area (Å²) in [5.41, 5.74) is 0. The van der Waals surface area contributed by atoms with E-state index in [2.05, 4.69) is 19.1 Å². The molecule has 0 spiro atoms. The maximum atomic E-state index is 10.6. The molecule has 7 heteroatoms. The molecule has 38 heavy (non-hydrogen) atoms. The second-order valence-corrected chi connectivity index (χ2v) is 12.7. The van der Waals surface area contributed by atoms with Crippen LogP contribution in [0.1, 0.15) is 118 Å². The quantitative estimate of drug-likeness (QED) is 0.248. The van der Waals surface area contributed by atoms with Crippen molar-refractivity contribution in [3.8, 4) is 0 Å². The molecule has 1 N–H and O–H groups in total. The third kappa shape index (κ3) is 8.73. The van der Waals surface area contributed by atoms with E-state index in [1.165, 1.54) is 38.5 Å². The van der Waals surface area contributed by atoms with Crippen molar-refractivity contribution in [3.63, 3.8) is 0 Å². The first-order chi connectivity index (χ1) is 18.2. The minimum absolute atomic E-state index is 0.0223. The van der Waals surface area contributed by atoms with E-state index in [0.717, 1.165) is 44.9 Å². The molecule has 0 radical (unpaired) electrons. The van der Waals surface area contributed by atoms with Gasteiger partial charge in [-0.05, 0) is 79.1 Å². The van der Waals surface area contributed by atoms with E-state index in [1.807, 2.05) is 27.7 Å². The maximum Gasteiger partial charge on any atom is 0.163 e. The number of unbranched alkanes of at least 4 members (excludes halogenated alkanes) is 6. The first-order valence-electron chi connectivity index (χ1n) is 15.5. The lowest BCUT2D eigenvalue weighted by molar-refractivity contribution is -0.275. The fraction of sp³-hybridized carbons (Fsp3) is 0.935. The molecular formula is C31H54O7. The summed E-state index contributed by atoms with van der Waals surface area (Å²) >= 11 is 0. The summed E-state index contributed by atoms with van der Waals surface area (Å²) in [6.07, 6.45) is 17.4. The molecule has 7 nitrogen and oxygen atoms in total. The predicted octanol–water partition coefficient (Wildman–Crippen LogP) is 6.20. The Bertz CT molecular complexity index is 738. The van der Waals surface area contributed by atoms with Crippen LogP contribution in [-0.2, 0) is 28.4 Å². The van der Waals surface area contributed by atoms with Gasteiger partial charge in [0.15, 0.2) is 11.6 Å². The summed E-state index contributed by atoms with van der Waals surface area (Å²) in [6.45, 7) is 10.7. The number of hydrogen-bond donors (Lipinski definition) is 1. The van der Waals surface area contributed by atoms with Gasteiger partial charge in [0.2, 0.25) is 0 Å². The number of ether oxygens (including phenoxy) is 6. The van der Waals surface area contributed by atoms with Gasteiger partial charge in [0, 0.05) is 0 Å². The highest BCUT2D eigenvalue weighted by atomic mass is 16.8. The smallest absolute Gasteiger partial charge is 0.163 e. The Hall–Kier alpha value is -0.540. The molecular weight excluding hydrogens is 484 g/mol. The van der Waals surface area contributed by atoms with E-state index in [1.54, 1.807) is 0 Å². The molecule has 0 amide bonds. The highest BCUT2D eigenvalue weighted by Crippen LogP contribution is 2.38. The Kier molecular flexibility index (Phi) is 11.1. The lowest BCUT2D eigenvalue weighted by atomic mass is 9.94. The summed E-state index contributed by atoms with van der Waals surface area (Å²) < 4.78 is 37.7. The van der Waals surface area contributed by atoms with Crippen LogP contribution in [0.4, 0.5) is 0 Å². The fourth-order valence-electron chi connectivity index (χ4n) is 6.44. The van der Waals surface area contributed by atoms with Crippen molar-refractivity contribution in [1.29, 1.82) is 0 Å². The first-order valence-corrected chi connectivity index (χ1v) is 15.5. The van der Waals surface area contributed by atoms with E-state index < -0.39 is 17.7 Å². The Labute approximate surface area is 230 Å². The van der Waals surface area contributed by atoms with Gasteiger partial charge in [0.25, 0.3) is 0 Å². The summed E-state index contributed by atoms with van der Waals surface area (Å²) in [6, 6.07) is 0. The summed E-state index contributed by atoms with van der Waals surface area (Å²) in [7, 11) is 0. The Balaban J connectivity index is 1.26. The van der Waals surface area contributed by atoms with Gasteiger partial charge < -0.3 is 33.5 Å². The van der Waals surface area contributed by atoms with Crippen molar-refractivity contribution in [1.82, 2.24) is 0 Å². The van der Waals surface area contributed by atoms with Gasteiger partial charge in [-0.1, -0.05) is 51.2 Å². The van der Waals surface area contributed by atoms with Crippen molar-refractivity contribution in [2.45, 2.75) is 178 Å². The molecule has 4 rings (SSSR count). The van der Waals surface area contributed by atoms with Gasteiger partial charge in [0.1, 0.15) is 12.2 Å². The number of aliphatic hydroxyl groups excluding tert-OH is 1. The Morgan fingerprint density at radius 2 is 1.21 bits per heavy atom. The maximum absolute atomic E-state index is 10.6. The van der Waals surface area contributed by atoms with E-state index in [-0.39, 0.29) is 42.7 Å². The highest BCUT2D eigenvalue weighted by Gasteiger charge is 2.46. The third-order valence-corrected chi connectivity index (χ3v) is 8.47. The zero-order valence-electron chi connectivity index (χ0n) is 24.6. The van der Waals surface area contributed by atoms with Crippen LogP contribution in [0.3, 0.4) is 0 Å². The molecule has 0 bridgehead atoms. The van der Waals surface area contributed by atoms with Crippen LogP contribution in [0.2, 0.25) is 0 Å². The van der Waals surface area contributed by atoms with Crippen molar-refractivity contribution in [2.24, 2.45) is 0 Å². The molecule has 8 atom stereocenters. The zero-order valence-corrected chi connectivity index (χ0v) is 24.6. The number of hydrogen-bond acceptors (Lipinski definition) is 7. The average Bonchev–Trinajstić information content (AvgIpc) is 3.46. The van der Waals surface area contributed by atoms with Crippen LogP contribution in [0.15, 0.2) is 12.2 Å². The van der Waals surface area contributed by atoms with Crippen LogP contribution >= 0.6 is 0 Å². The van der Waals surface area contributed by atoms with Gasteiger partial charge in [-0.3, -0.25) is 0 Å². The Morgan fingerprint density at radius 1 is 0.658 bits per heavy atom. The summed E-state index contributed by atoms with van der Waals surface area (Å²) in [5, 5.41) is 10.6. The molecule has 0 unspecified atom stereocenters. The molecule has 4 saturated heterocycles. The van der Waals surface area contributed by atoms with Crippen LogP contribution in [-0.4, -0.2) is 72.1 Å². The van der Waals surface area contributed by atoms with E-state index in [4.69, 9.17) is 28.4 Å². The van der Waals surface area contributed by atoms with E-state index in [9.17, 15) is 5.11 Å². The highest BCUT2D eigenvalue weighted by molar-refractivity contribution is 4.98. The SMILES string of the molecule is CCCCCCCC/C=C\[C@@H]1O[C@H]([C@@H]2CC[C@@H]([C@@H]3CC[C@@H]([C@H]4COC(C)(C)O4)O3)OC(C)(C)O2)CC[C@H]1O. The van der Waals surface area contributed by atoms with Crippen LogP contribution < -0.4 is 0 Å². The first kappa shape index (κ1) is 30.4. The minimum Gasteiger partial charge on any atom is -0.390 e. The second-order valence-electron chi connectivity index (χ2n) is 12.7. The average molecular weight is 539 g/mol. The molecule has 0 aromatic rings. The standard InChI is InChI=1S/C31H54O7/c1-6-7-8-9-10-11-12-13-14-23-22(32)15-16-24(34-23)27-19-20-28(37-31(4,5)36-27)25-17-18-26(35-25)29-21-33-30(2,3)38-29/h13-14,22-29,32H,6-12,15-21H2,1-5H3/b14-13-/t22-,23+,24+,25+,26+,27+,28+,29-/m1/s1. The van der Waals surface area contributed by atoms with Gasteiger partial charge in [0.05, 0.1) is 43.2 Å². The largest absolute Gasteiger partial charge is 0.390 e. The van der Waals surface area contributed by atoms with Crippen molar-refractivity contribution in [3.05, 3.63) is 12.2 Å². The van der Waals surface area contributed by atoms with E-state index >= 15 is 0 Å². The van der Waals surface area contributed by atoms with Gasteiger partial charge in [-0.25, -0.2) is 0 Å². The molecule has 4 aliphatic heterocycles. The molecule has 4 heterocycles. The monoisotopic (exact) mass is 538 g/mol. The molecule has 0 saturated carbocycles. The second kappa shape index (κ2) is 13.9. The molecule has 0 aliphatic carbocycles. The molecule has 220 valence electrons. The van der Waals surface area contributed by atoms with Gasteiger partial charge >= 0.3 is 0 Å². The van der Waals surface area contributed by atoms with Crippen LogP contribution in [0.25, 0.3) is 0 Å². The van der Waals surface area contributed by atoms with E-state index in [0.29, 0.717) is 6.61 Å². The number of allylic oxidation sites excluding steroid dienone is 1. The molecule has 4 fully saturated rings. The zero-order chi connectivity index (χ0) is 27.2. The molecule has 0 aromatic heterocycles. The minimum atomic E-state index is -0.731. The molecule has 0 aromatic carbocycles. The lowest BCUT2D eigenvalue weighted by Gasteiger charge is -2.38. The molecule has 4 aliphatic rings. The number of rotatable bonds is 11. The lowest BCUT2D eigenvalue weighted by Crippen LogP contribution is -2.46. The summed E-state index contributed by atoms with van der Waals surface area (Å²) in [4.78, 5) is 0. The van der Waals surface area contributed by atoms with Gasteiger partial charge in [-0.2, -0.15) is 0 Å². The summed E-state index contributed by atoms with van der Waals surface area (Å²) in [5.74, 6) is -1.27. The normalized spacial score (nSPS) is 39.5. The van der Waals surface area contributed by atoms with Crippen molar-refractivity contribution < 1.29 is 33.5 Å².